The second-order valence-corrected chi connectivity index (χ2v) is 22.8. The van der Waals surface area contributed by atoms with Crippen LogP contribution in [-0.2, 0) is 32.8 Å². The number of anilines is 2. The molecule has 0 saturated carbocycles. The van der Waals surface area contributed by atoms with Crippen LogP contribution in [0.25, 0.3) is 11.1 Å². The Morgan fingerprint density at radius 1 is 0.868 bits per heavy atom. The second-order valence-electron chi connectivity index (χ2n) is 17.7. The molecular formula is C48H55ClF4N8O4S3. The summed E-state index contributed by atoms with van der Waals surface area (Å²) in [5.41, 5.74) is -2.08. The Bertz CT molecular complexity index is 2760. The molecule has 1 aromatic heterocycles. The lowest BCUT2D eigenvalue weighted by atomic mass is 9.92. The highest BCUT2D eigenvalue weighted by atomic mass is 35.5. The zero-order chi connectivity index (χ0) is 48.2. The number of halogens is 5. The summed E-state index contributed by atoms with van der Waals surface area (Å²) in [6.07, 6.45) is 3.81. The summed E-state index contributed by atoms with van der Waals surface area (Å²) in [7, 11) is -8.63. The van der Waals surface area contributed by atoms with Gasteiger partial charge in [-0.2, -0.15) is 13.2 Å². The van der Waals surface area contributed by atoms with Gasteiger partial charge in [-0.1, -0.05) is 48.0 Å². The molecule has 0 aliphatic carbocycles. The van der Waals surface area contributed by atoms with E-state index in [1.165, 1.54) is 24.2 Å². The fourth-order valence-electron chi connectivity index (χ4n) is 9.24. The number of likely N-dealkylation sites (N-methyl/N-ethyl adjacent to an activating group) is 1. The number of aromatic nitrogens is 2. The first-order valence-electron chi connectivity index (χ1n) is 22.6. The molecule has 1 unspecified atom stereocenters. The normalized spacial score (nSPS) is 18.2. The van der Waals surface area contributed by atoms with Gasteiger partial charge in [0.25, 0.3) is 19.9 Å². The van der Waals surface area contributed by atoms with Gasteiger partial charge in [-0.05, 0) is 111 Å². The molecule has 0 amide bonds. The number of sulfonamides is 1. The monoisotopic (exact) mass is 1010 g/mol. The second kappa shape index (κ2) is 21.3. The van der Waals surface area contributed by atoms with Gasteiger partial charge in [-0.3, -0.25) is 14.5 Å². The van der Waals surface area contributed by atoms with Crippen LogP contribution < -0.4 is 10.0 Å². The van der Waals surface area contributed by atoms with Gasteiger partial charge in [0.2, 0.25) is 0 Å². The topological polar surface area (TPSA) is 131 Å². The smallest absolute Gasteiger partial charge is 0.380 e. The largest absolute Gasteiger partial charge is 0.501 e. The Hall–Kier alpha value is -4.34. The van der Waals surface area contributed by atoms with E-state index in [-0.39, 0.29) is 29.4 Å². The van der Waals surface area contributed by atoms with Crippen molar-refractivity contribution in [2.75, 3.05) is 75.2 Å². The van der Waals surface area contributed by atoms with Crippen molar-refractivity contribution >= 4 is 54.7 Å². The van der Waals surface area contributed by atoms with Crippen LogP contribution in [0.15, 0.2) is 112 Å². The summed E-state index contributed by atoms with van der Waals surface area (Å²) in [4.78, 5) is 17.0. The number of piperazine rings is 1. The number of rotatable bonds is 16. The molecule has 5 aromatic rings. The number of sulfone groups is 1. The maximum absolute atomic E-state index is 14.6. The maximum atomic E-state index is 14.6. The average molecular weight is 1020 g/mol. The molecule has 2 fully saturated rings. The van der Waals surface area contributed by atoms with E-state index in [2.05, 4.69) is 46.5 Å². The Morgan fingerprint density at radius 3 is 2.29 bits per heavy atom. The summed E-state index contributed by atoms with van der Waals surface area (Å²) in [5, 5.41) is 3.70. The predicted octanol–water partition coefficient (Wildman–Crippen LogP) is 8.82. The lowest BCUT2D eigenvalue weighted by molar-refractivity contribution is -0.0435. The zero-order valence-corrected chi connectivity index (χ0v) is 41.0. The molecule has 2 atom stereocenters. The number of hydrogen-bond donors (Lipinski definition) is 2. The average Bonchev–Trinajstić information content (AvgIpc) is 3.33. The first-order chi connectivity index (χ1) is 32.4. The lowest BCUT2D eigenvalue weighted by Gasteiger charge is -2.42. The Morgan fingerprint density at radius 2 is 1.59 bits per heavy atom. The SMILES string of the molecule is CC(c1cc(F)ccc1-c1ccc(Cl)cc1)N1CCC(N2CCc3c(ncnc3NS(=O)(=O)c3ccc(N[C@H](CCN4CCN(C)CC4)CSc4ccccc4)c(S(=O)(=O)C(F)(F)F)c3)C2)CC1. The van der Waals surface area contributed by atoms with Crippen LogP contribution in [0.2, 0.25) is 5.02 Å². The zero-order valence-electron chi connectivity index (χ0n) is 37.8. The Balaban J connectivity index is 0.960. The van der Waals surface area contributed by atoms with Crippen molar-refractivity contribution < 1.29 is 34.4 Å². The van der Waals surface area contributed by atoms with Crippen molar-refractivity contribution in [2.45, 2.75) is 77.5 Å². The van der Waals surface area contributed by atoms with E-state index >= 15 is 0 Å². The summed E-state index contributed by atoms with van der Waals surface area (Å²) in [6, 6.07) is 24.3. The fourth-order valence-corrected chi connectivity index (χ4v) is 12.5. The van der Waals surface area contributed by atoms with E-state index in [1.54, 1.807) is 6.07 Å². The molecule has 4 aromatic carbocycles. The van der Waals surface area contributed by atoms with Gasteiger partial charge < -0.3 is 15.1 Å². The first-order valence-corrected chi connectivity index (χ1v) is 27.0. The molecule has 364 valence electrons. The molecule has 12 nitrogen and oxygen atoms in total. The van der Waals surface area contributed by atoms with Crippen LogP contribution in [-0.4, -0.2) is 129 Å². The van der Waals surface area contributed by atoms with E-state index in [4.69, 9.17) is 11.6 Å². The van der Waals surface area contributed by atoms with Crippen LogP contribution >= 0.6 is 23.4 Å². The first kappa shape index (κ1) is 50.1. The number of nitrogens with zero attached hydrogens (tertiary/aromatic N) is 6. The number of benzene rings is 4. The van der Waals surface area contributed by atoms with Crippen LogP contribution in [0, 0.1) is 5.82 Å². The van der Waals surface area contributed by atoms with Crippen molar-refractivity contribution in [1.82, 2.24) is 29.6 Å². The van der Waals surface area contributed by atoms with Crippen LogP contribution in [0.5, 0.6) is 0 Å². The van der Waals surface area contributed by atoms with Crippen molar-refractivity contribution in [3.63, 3.8) is 0 Å². The number of piperidine rings is 1. The van der Waals surface area contributed by atoms with E-state index in [1.807, 2.05) is 67.7 Å². The quantitative estimate of drug-likeness (QED) is 0.0724. The minimum absolute atomic E-state index is 0.0192. The molecular weight excluding hydrogens is 960 g/mol. The van der Waals surface area contributed by atoms with Crippen LogP contribution in [0.3, 0.4) is 0 Å². The van der Waals surface area contributed by atoms with Gasteiger partial charge in [0, 0.05) is 98.3 Å². The van der Waals surface area contributed by atoms with Crippen LogP contribution in [0.4, 0.5) is 29.1 Å². The number of fused-ring (bicyclic) bond motifs is 1. The highest BCUT2D eigenvalue weighted by Gasteiger charge is 2.48. The molecule has 0 radical (unpaired) electrons. The highest BCUT2D eigenvalue weighted by molar-refractivity contribution is 7.99. The third-order valence-electron chi connectivity index (χ3n) is 13.3. The van der Waals surface area contributed by atoms with Crippen molar-refractivity contribution in [3.05, 3.63) is 125 Å². The minimum Gasteiger partial charge on any atom is -0.380 e. The van der Waals surface area contributed by atoms with Gasteiger partial charge in [-0.15, -0.1) is 11.8 Å². The van der Waals surface area contributed by atoms with Gasteiger partial charge in [0.15, 0.2) is 0 Å². The van der Waals surface area contributed by atoms with Gasteiger partial charge in [-0.25, -0.2) is 31.2 Å². The van der Waals surface area contributed by atoms with Crippen molar-refractivity contribution in [3.8, 4) is 11.1 Å². The number of alkyl halides is 3. The summed E-state index contributed by atoms with van der Waals surface area (Å²) in [5.74, 6) is 0.0854. The minimum atomic E-state index is -6.02. The molecule has 2 N–H and O–H groups in total. The Kier molecular flexibility index (Phi) is 15.7. The molecule has 3 aliphatic heterocycles. The maximum Gasteiger partial charge on any atom is 0.501 e. The number of hydrogen-bond acceptors (Lipinski definition) is 12. The molecule has 0 spiro atoms. The van der Waals surface area contributed by atoms with E-state index in [9.17, 15) is 34.4 Å². The predicted molar refractivity (Wildman–Crippen MR) is 260 cm³/mol. The Labute approximate surface area is 405 Å². The standard InChI is InChI=1S/C48H55ClF4N8O4S3/c1-33(43-28-36(50)12-14-41(43)34-8-10-35(49)11-9-34)60-21-17-38(18-22-60)61-23-19-42-45(30-61)54-32-55-47(42)57-68(64,65)40-13-15-44(46(29-40)67(62,63)48(51,52)53)56-37(31-66-39-6-4-3-5-7-39)16-20-59-26-24-58(2)25-27-59/h3-15,28-29,32-33,37-38,56H,16-27,30-31H2,1-2H3,(H,54,55,57)/t33?,37-/m1/s1. The summed E-state index contributed by atoms with van der Waals surface area (Å²) >= 11 is 7.63. The molecule has 3 aliphatic rings. The molecule has 20 heteroatoms. The molecule has 68 heavy (non-hydrogen) atoms. The van der Waals surface area contributed by atoms with E-state index in [0.717, 1.165) is 85.8 Å². The molecule has 4 heterocycles. The third kappa shape index (κ3) is 11.8. The van der Waals surface area contributed by atoms with Gasteiger partial charge >= 0.3 is 5.51 Å². The van der Waals surface area contributed by atoms with Crippen molar-refractivity contribution in [2.24, 2.45) is 0 Å². The number of nitrogens with one attached hydrogen (secondary N) is 2. The van der Waals surface area contributed by atoms with Gasteiger partial charge in [0.1, 0.15) is 22.9 Å². The van der Waals surface area contributed by atoms with E-state index < -0.39 is 41.2 Å². The third-order valence-corrected chi connectivity index (χ3v) is 17.5. The van der Waals surface area contributed by atoms with Gasteiger partial charge in [0.05, 0.1) is 16.3 Å². The number of likely N-dealkylation sites (tertiary alicyclic amines) is 1. The van der Waals surface area contributed by atoms with Crippen LogP contribution in [0.1, 0.15) is 49.0 Å². The summed E-state index contributed by atoms with van der Waals surface area (Å²) < 4.78 is 115. The lowest BCUT2D eigenvalue weighted by Crippen LogP contribution is -2.47. The number of thioether (sulfide) groups is 1. The highest BCUT2D eigenvalue weighted by Crippen LogP contribution is 2.39. The fraction of sp³-hybridized carbons (Fsp3) is 0.417. The van der Waals surface area contributed by atoms with E-state index in [0.29, 0.717) is 60.6 Å². The molecule has 8 rings (SSSR count). The molecule has 0 bridgehead atoms. The molecule has 2 saturated heterocycles. The van der Waals surface area contributed by atoms with Crippen molar-refractivity contribution in [1.29, 1.82) is 0 Å². The summed E-state index contributed by atoms with van der Waals surface area (Å²) in [6.45, 7) is 8.65.